The Morgan fingerprint density at radius 3 is 2.57 bits per heavy atom. The number of carbonyl (C=O) groups excluding carboxylic acids is 1. The number of anilines is 1. The van der Waals surface area contributed by atoms with Gasteiger partial charge in [-0.05, 0) is 12.3 Å². The molecule has 1 heterocycles. The van der Waals surface area contributed by atoms with Crippen LogP contribution < -0.4 is 5.32 Å². The molecular weight excluding hydrogens is 276 g/mol. The minimum atomic E-state index is -0.668. The zero-order chi connectivity index (χ0) is 16.2. The highest BCUT2D eigenvalue weighted by Crippen LogP contribution is 2.30. The number of nitro groups is 1. The van der Waals surface area contributed by atoms with E-state index in [1.807, 2.05) is 20.8 Å². The fourth-order valence-electron chi connectivity index (χ4n) is 2.10. The number of nitrogens with zero attached hydrogens (tertiary/aromatic N) is 3. The van der Waals surface area contributed by atoms with E-state index >= 15 is 0 Å². The second-order valence-corrected chi connectivity index (χ2v) is 5.16. The smallest absolute Gasteiger partial charge is 0.334 e. The maximum atomic E-state index is 11.8. The summed E-state index contributed by atoms with van der Waals surface area (Å²) >= 11 is 0. The molecule has 118 valence electrons. The molecule has 1 aromatic rings. The molecule has 1 atom stereocenters. The van der Waals surface area contributed by atoms with Gasteiger partial charge in [-0.3, -0.25) is 10.1 Å². The first-order valence-electron chi connectivity index (χ1n) is 6.88. The first-order valence-corrected chi connectivity index (χ1v) is 6.88. The van der Waals surface area contributed by atoms with Crippen LogP contribution in [0.5, 0.6) is 0 Å². The van der Waals surface area contributed by atoms with Crippen LogP contribution in [0.15, 0.2) is 0 Å². The second kappa shape index (κ2) is 7.05. The Kier molecular flexibility index (Phi) is 5.69. The number of rotatable bonds is 7. The quantitative estimate of drug-likeness (QED) is 0.469. The molecule has 0 aromatic carbocycles. The van der Waals surface area contributed by atoms with Crippen molar-refractivity contribution in [2.75, 3.05) is 12.4 Å². The van der Waals surface area contributed by atoms with E-state index in [0.717, 1.165) is 6.42 Å². The lowest BCUT2D eigenvalue weighted by Crippen LogP contribution is -2.36. The number of hydrogen-bond acceptors (Lipinski definition) is 6. The highest BCUT2D eigenvalue weighted by Gasteiger charge is 2.31. The van der Waals surface area contributed by atoms with Crippen molar-refractivity contribution in [2.24, 2.45) is 13.0 Å². The Bertz CT molecular complexity index is 524. The third-order valence-electron chi connectivity index (χ3n) is 3.18. The molecule has 21 heavy (non-hydrogen) atoms. The molecular formula is C13H22N4O4. The maximum absolute atomic E-state index is 11.8. The molecule has 8 heteroatoms. The van der Waals surface area contributed by atoms with Crippen LogP contribution in [-0.4, -0.2) is 33.8 Å². The summed E-state index contributed by atoms with van der Waals surface area (Å²) in [6.45, 7) is 5.60. The molecule has 0 amide bonds. The molecule has 1 rings (SSSR count). The summed E-state index contributed by atoms with van der Waals surface area (Å²) in [5.41, 5.74) is 0.341. The normalized spacial score (nSPS) is 12.3. The lowest BCUT2D eigenvalue weighted by Gasteiger charge is -2.20. The van der Waals surface area contributed by atoms with E-state index in [1.54, 1.807) is 7.05 Å². The van der Waals surface area contributed by atoms with Crippen molar-refractivity contribution in [3.05, 3.63) is 15.8 Å². The Morgan fingerprint density at radius 1 is 1.52 bits per heavy atom. The van der Waals surface area contributed by atoms with Gasteiger partial charge in [0.25, 0.3) is 0 Å². The highest BCUT2D eigenvalue weighted by molar-refractivity contribution is 5.80. The van der Waals surface area contributed by atoms with Crippen molar-refractivity contribution in [3.63, 3.8) is 0 Å². The van der Waals surface area contributed by atoms with Gasteiger partial charge in [-0.25, -0.2) is 9.48 Å². The maximum Gasteiger partial charge on any atom is 0.334 e. The van der Waals surface area contributed by atoms with Crippen LogP contribution >= 0.6 is 0 Å². The van der Waals surface area contributed by atoms with Gasteiger partial charge in [-0.1, -0.05) is 27.2 Å². The number of esters is 1. The third-order valence-corrected chi connectivity index (χ3v) is 3.18. The van der Waals surface area contributed by atoms with Crippen LogP contribution in [0.1, 0.15) is 32.9 Å². The van der Waals surface area contributed by atoms with Gasteiger partial charge >= 0.3 is 11.7 Å². The molecule has 8 nitrogen and oxygen atoms in total. The SMILES string of the molecule is CCCc1nn(C)c(NC(C(=O)OC)C(C)C)c1[N+](=O)[O-]. The van der Waals surface area contributed by atoms with Gasteiger partial charge in [0.1, 0.15) is 11.7 Å². The Labute approximate surface area is 123 Å². The predicted octanol–water partition coefficient (Wildman–Crippen LogP) is 1.89. The summed E-state index contributed by atoms with van der Waals surface area (Å²) in [5.74, 6) is -0.313. The second-order valence-electron chi connectivity index (χ2n) is 5.16. The molecule has 0 aliphatic heterocycles. The Balaban J connectivity index is 3.22. The fraction of sp³-hybridized carbons (Fsp3) is 0.692. The molecule has 1 aromatic heterocycles. The molecule has 0 bridgehead atoms. The van der Waals surface area contributed by atoms with Crippen molar-refractivity contribution >= 4 is 17.5 Å². The van der Waals surface area contributed by atoms with E-state index in [9.17, 15) is 14.9 Å². The van der Waals surface area contributed by atoms with E-state index in [-0.39, 0.29) is 17.4 Å². The van der Waals surface area contributed by atoms with Gasteiger partial charge in [-0.2, -0.15) is 5.10 Å². The van der Waals surface area contributed by atoms with E-state index in [2.05, 4.69) is 10.4 Å². The lowest BCUT2D eigenvalue weighted by molar-refractivity contribution is -0.384. The number of ether oxygens (including phenoxy) is 1. The predicted molar refractivity (Wildman–Crippen MR) is 78.1 cm³/mol. The van der Waals surface area contributed by atoms with Crippen LogP contribution in [0.3, 0.4) is 0 Å². The first-order chi connectivity index (χ1) is 9.83. The van der Waals surface area contributed by atoms with Crippen molar-refractivity contribution < 1.29 is 14.5 Å². The van der Waals surface area contributed by atoms with E-state index < -0.39 is 16.9 Å². The molecule has 0 radical (unpaired) electrons. The zero-order valence-corrected chi connectivity index (χ0v) is 13.0. The number of carbonyl (C=O) groups is 1. The van der Waals surface area contributed by atoms with E-state index in [4.69, 9.17) is 4.74 Å². The summed E-state index contributed by atoms with van der Waals surface area (Å²) in [6.07, 6.45) is 1.26. The number of methoxy groups -OCH3 is 1. The van der Waals surface area contributed by atoms with Crippen LogP contribution in [0.2, 0.25) is 0 Å². The van der Waals surface area contributed by atoms with E-state index in [1.165, 1.54) is 11.8 Å². The van der Waals surface area contributed by atoms with E-state index in [0.29, 0.717) is 12.1 Å². The van der Waals surface area contributed by atoms with Crippen molar-refractivity contribution in [2.45, 2.75) is 39.7 Å². The number of hydrogen-bond donors (Lipinski definition) is 1. The molecule has 0 fully saturated rings. The molecule has 1 N–H and O–H groups in total. The van der Waals surface area contributed by atoms with Crippen LogP contribution in [0.4, 0.5) is 11.5 Å². The van der Waals surface area contributed by atoms with Gasteiger partial charge in [0, 0.05) is 7.05 Å². The van der Waals surface area contributed by atoms with Crippen LogP contribution in [0, 0.1) is 16.0 Å². The standard InChI is InChI=1S/C13H22N4O4/c1-6-7-9-11(17(19)20)12(16(4)15-9)14-10(8(2)3)13(18)21-5/h8,10,14H,6-7H2,1-5H3. The summed E-state index contributed by atoms with van der Waals surface area (Å²) < 4.78 is 6.14. The van der Waals surface area contributed by atoms with Crippen molar-refractivity contribution in [1.29, 1.82) is 0 Å². The first kappa shape index (κ1) is 16.9. The number of nitrogens with one attached hydrogen (secondary N) is 1. The summed E-state index contributed by atoms with van der Waals surface area (Å²) in [4.78, 5) is 22.7. The van der Waals surface area contributed by atoms with Gasteiger partial charge < -0.3 is 10.1 Å². The molecule has 1 unspecified atom stereocenters. The Morgan fingerprint density at radius 2 is 2.14 bits per heavy atom. The minimum Gasteiger partial charge on any atom is -0.467 e. The lowest BCUT2D eigenvalue weighted by atomic mass is 10.0. The summed E-state index contributed by atoms with van der Waals surface area (Å²) in [5, 5.41) is 18.4. The van der Waals surface area contributed by atoms with Gasteiger partial charge in [-0.15, -0.1) is 0 Å². The summed E-state index contributed by atoms with van der Waals surface area (Å²) in [6, 6.07) is -0.668. The van der Waals surface area contributed by atoms with Gasteiger partial charge in [0.2, 0.25) is 5.82 Å². The van der Waals surface area contributed by atoms with Gasteiger partial charge in [0.15, 0.2) is 0 Å². The minimum absolute atomic E-state index is 0.0751. The molecule has 0 spiro atoms. The average Bonchev–Trinajstić information content (AvgIpc) is 2.71. The highest BCUT2D eigenvalue weighted by atomic mass is 16.6. The molecule has 0 aliphatic rings. The van der Waals surface area contributed by atoms with Gasteiger partial charge in [0.05, 0.1) is 12.0 Å². The molecule has 0 saturated heterocycles. The number of aromatic nitrogens is 2. The average molecular weight is 298 g/mol. The largest absolute Gasteiger partial charge is 0.467 e. The fourth-order valence-corrected chi connectivity index (χ4v) is 2.10. The van der Waals surface area contributed by atoms with Crippen molar-refractivity contribution in [1.82, 2.24) is 9.78 Å². The number of aryl methyl sites for hydroxylation is 2. The van der Waals surface area contributed by atoms with Crippen LogP contribution in [0.25, 0.3) is 0 Å². The Hall–Kier alpha value is -2.12. The molecule has 0 aliphatic carbocycles. The summed E-state index contributed by atoms with van der Waals surface area (Å²) in [7, 11) is 2.91. The third kappa shape index (κ3) is 3.71. The zero-order valence-electron chi connectivity index (χ0n) is 13.0. The molecule has 0 saturated carbocycles. The van der Waals surface area contributed by atoms with Crippen LogP contribution in [-0.2, 0) is 23.0 Å². The monoisotopic (exact) mass is 298 g/mol. The topological polar surface area (TPSA) is 99.3 Å². The van der Waals surface area contributed by atoms with Crippen molar-refractivity contribution in [3.8, 4) is 0 Å².